The second-order valence-electron chi connectivity index (χ2n) is 6.87. The first-order valence-corrected chi connectivity index (χ1v) is 7.83. The Morgan fingerprint density at radius 3 is 2.56 bits per heavy atom. The van der Waals surface area contributed by atoms with E-state index in [-0.39, 0.29) is 17.6 Å². The zero-order chi connectivity index (χ0) is 17.8. The highest BCUT2D eigenvalue weighted by atomic mass is 16.6. The number of benzene rings is 1. The van der Waals surface area contributed by atoms with Gasteiger partial charge in [-0.3, -0.25) is 19.7 Å². The Bertz CT molecular complexity index is 919. The van der Waals surface area contributed by atoms with E-state index in [2.05, 4.69) is 10.3 Å². The van der Waals surface area contributed by atoms with Crippen LogP contribution in [0.25, 0.3) is 10.9 Å². The van der Waals surface area contributed by atoms with Crippen LogP contribution < -0.4 is 5.32 Å². The van der Waals surface area contributed by atoms with Crippen molar-refractivity contribution in [2.45, 2.75) is 19.3 Å². The number of hydrogen-bond acceptors (Lipinski definition) is 6. The van der Waals surface area contributed by atoms with E-state index in [1.165, 1.54) is 19.2 Å². The fourth-order valence-electron chi connectivity index (χ4n) is 4.01. The minimum atomic E-state index is -0.500. The third-order valence-corrected chi connectivity index (χ3v) is 5.26. The number of pyridine rings is 1. The molecule has 8 nitrogen and oxygen atoms in total. The number of esters is 1. The normalized spacial score (nSPS) is 26.3. The number of hydrogen-bond donors (Lipinski definition) is 1. The third kappa shape index (κ3) is 2.17. The lowest BCUT2D eigenvalue weighted by Crippen LogP contribution is -2.69. The highest BCUT2D eigenvalue weighted by Crippen LogP contribution is 2.73. The summed E-state index contributed by atoms with van der Waals surface area (Å²) in [6.45, 7) is 0. The molecule has 2 bridgehead atoms. The zero-order valence-corrected chi connectivity index (χ0v) is 13.4. The van der Waals surface area contributed by atoms with Gasteiger partial charge in [-0.25, -0.2) is 4.98 Å². The molecule has 0 unspecified atom stereocenters. The molecular formula is C17H15N3O5. The van der Waals surface area contributed by atoms with Gasteiger partial charge in [0.05, 0.1) is 28.4 Å². The largest absolute Gasteiger partial charge is 0.469 e. The summed E-state index contributed by atoms with van der Waals surface area (Å²) in [5.74, 6) is 0.00263. The number of nitrogens with one attached hydrogen (secondary N) is 1. The summed E-state index contributed by atoms with van der Waals surface area (Å²) in [5, 5.41) is 14.2. The van der Waals surface area contributed by atoms with Crippen molar-refractivity contribution in [1.82, 2.24) is 4.98 Å². The lowest BCUT2D eigenvalue weighted by molar-refractivity contribution is -0.384. The second kappa shape index (κ2) is 4.98. The Kier molecular flexibility index (Phi) is 3.09. The summed E-state index contributed by atoms with van der Waals surface area (Å²) in [4.78, 5) is 38.8. The molecule has 3 fully saturated rings. The number of methoxy groups -OCH3 is 1. The van der Waals surface area contributed by atoms with Crippen LogP contribution in [0.1, 0.15) is 19.3 Å². The molecule has 1 N–H and O–H groups in total. The van der Waals surface area contributed by atoms with Crippen LogP contribution in [0.5, 0.6) is 0 Å². The van der Waals surface area contributed by atoms with Crippen LogP contribution in [-0.2, 0) is 14.3 Å². The Morgan fingerprint density at radius 1 is 1.20 bits per heavy atom. The summed E-state index contributed by atoms with van der Waals surface area (Å²) >= 11 is 0. The number of fused-ring (bicyclic) bond motifs is 1. The molecule has 3 aliphatic carbocycles. The Morgan fingerprint density at radius 2 is 1.92 bits per heavy atom. The minimum absolute atomic E-state index is 0.00643. The van der Waals surface area contributed by atoms with Gasteiger partial charge in [-0.15, -0.1) is 0 Å². The lowest BCUT2D eigenvalue weighted by atomic mass is 9.35. The van der Waals surface area contributed by atoms with Crippen LogP contribution in [0.3, 0.4) is 0 Å². The average Bonchev–Trinajstić information content (AvgIpc) is 2.51. The van der Waals surface area contributed by atoms with Crippen molar-refractivity contribution >= 4 is 34.3 Å². The van der Waals surface area contributed by atoms with Crippen molar-refractivity contribution in [2.24, 2.45) is 10.8 Å². The number of carbonyl (C=O) groups is 2. The quantitative estimate of drug-likeness (QED) is 0.519. The maximum absolute atomic E-state index is 12.5. The van der Waals surface area contributed by atoms with Gasteiger partial charge in [-0.1, -0.05) is 0 Å². The lowest BCUT2D eigenvalue weighted by Gasteiger charge is -2.66. The molecule has 0 radical (unpaired) electrons. The molecule has 0 aliphatic heterocycles. The smallest absolute Gasteiger partial charge is 0.311 e. The maximum atomic E-state index is 12.5. The molecule has 8 heteroatoms. The molecule has 25 heavy (non-hydrogen) atoms. The van der Waals surface area contributed by atoms with Crippen LogP contribution >= 0.6 is 0 Å². The summed E-state index contributed by atoms with van der Waals surface area (Å²) in [6.07, 6.45) is 1.54. The van der Waals surface area contributed by atoms with Crippen molar-refractivity contribution in [3.8, 4) is 0 Å². The number of non-ortho nitro benzene ring substituents is 1. The van der Waals surface area contributed by atoms with Crippen LogP contribution in [0.4, 0.5) is 11.5 Å². The third-order valence-electron chi connectivity index (χ3n) is 5.26. The first-order chi connectivity index (χ1) is 11.9. The summed E-state index contributed by atoms with van der Waals surface area (Å²) in [5.41, 5.74) is -0.414. The zero-order valence-electron chi connectivity index (χ0n) is 13.4. The average molecular weight is 341 g/mol. The highest BCUT2D eigenvalue weighted by molar-refractivity contribution is 6.01. The van der Waals surface area contributed by atoms with E-state index < -0.39 is 15.8 Å². The summed E-state index contributed by atoms with van der Waals surface area (Å²) < 4.78 is 4.78. The second-order valence-corrected chi connectivity index (χ2v) is 6.87. The first-order valence-electron chi connectivity index (χ1n) is 7.83. The van der Waals surface area contributed by atoms with Crippen LogP contribution in [0.15, 0.2) is 30.3 Å². The minimum Gasteiger partial charge on any atom is -0.469 e. The number of nitro groups is 1. The predicted octanol–water partition coefficient (Wildman–Crippen LogP) is 2.42. The molecule has 2 aromatic rings. The van der Waals surface area contributed by atoms with Gasteiger partial charge in [0.15, 0.2) is 0 Å². The van der Waals surface area contributed by atoms with Crippen LogP contribution in [0.2, 0.25) is 0 Å². The molecule has 1 amide bonds. The fraction of sp³-hybridized carbons (Fsp3) is 0.353. The number of carbonyl (C=O) groups excluding carboxylic acids is 2. The molecular weight excluding hydrogens is 326 g/mol. The number of nitrogens with zero attached hydrogens (tertiary/aromatic N) is 2. The van der Waals surface area contributed by atoms with Gasteiger partial charge < -0.3 is 10.1 Å². The van der Waals surface area contributed by atoms with E-state index in [9.17, 15) is 19.7 Å². The molecule has 3 saturated carbocycles. The van der Waals surface area contributed by atoms with E-state index in [1.54, 1.807) is 18.2 Å². The molecule has 128 valence electrons. The van der Waals surface area contributed by atoms with Crippen molar-refractivity contribution in [3.63, 3.8) is 0 Å². The van der Waals surface area contributed by atoms with Gasteiger partial charge in [0.1, 0.15) is 5.82 Å². The molecule has 5 rings (SSSR count). The van der Waals surface area contributed by atoms with E-state index in [1.807, 2.05) is 0 Å². The molecule has 0 atom stereocenters. The van der Waals surface area contributed by atoms with Crippen molar-refractivity contribution in [1.29, 1.82) is 0 Å². The van der Waals surface area contributed by atoms with Crippen LogP contribution in [0, 0.1) is 20.9 Å². The number of anilines is 1. The molecule has 3 aliphatic rings. The molecule has 0 spiro atoms. The predicted molar refractivity (Wildman–Crippen MR) is 87.8 cm³/mol. The molecule has 1 aromatic heterocycles. The summed E-state index contributed by atoms with van der Waals surface area (Å²) in [7, 11) is 1.36. The summed E-state index contributed by atoms with van der Waals surface area (Å²) in [6, 6.07) is 7.67. The Balaban J connectivity index is 1.49. The number of amides is 1. The standard InChI is InChI=1S/C17H15N3O5/c1-25-15(22)17-7-16(8-17,9-17)14(21)19-13-5-2-10-6-11(20(23)24)3-4-12(10)18-13/h2-6H,7-9H2,1H3,(H,18,19,21). The molecule has 0 saturated heterocycles. The topological polar surface area (TPSA) is 111 Å². The Labute approximate surface area is 142 Å². The number of rotatable bonds is 4. The number of ether oxygens (including phenoxy) is 1. The van der Waals surface area contributed by atoms with Gasteiger partial charge in [0.2, 0.25) is 5.91 Å². The van der Waals surface area contributed by atoms with Crippen molar-refractivity contribution in [2.75, 3.05) is 12.4 Å². The molecule has 1 aromatic carbocycles. The van der Waals surface area contributed by atoms with E-state index in [0.29, 0.717) is 36.0 Å². The van der Waals surface area contributed by atoms with Gasteiger partial charge in [0, 0.05) is 17.5 Å². The van der Waals surface area contributed by atoms with E-state index in [0.717, 1.165) is 0 Å². The number of nitro benzene ring substituents is 1. The van der Waals surface area contributed by atoms with Gasteiger partial charge in [-0.2, -0.15) is 0 Å². The van der Waals surface area contributed by atoms with Crippen LogP contribution in [-0.4, -0.2) is 28.9 Å². The number of aromatic nitrogens is 1. The Hall–Kier alpha value is -3.03. The SMILES string of the molecule is COC(=O)C12CC(C(=O)Nc3ccc4cc([N+](=O)[O-])ccc4n3)(C1)C2. The van der Waals surface area contributed by atoms with Gasteiger partial charge in [0.25, 0.3) is 5.69 Å². The first kappa shape index (κ1) is 15.5. The van der Waals surface area contributed by atoms with Gasteiger partial charge >= 0.3 is 5.97 Å². The fourth-order valence-corrected chi connectivity index (χ4v) is 4.01. The molecule has 1 heterocycles. The van der Waals surface area contributed by atoms with E-state index >= 15 is 0 Å². The van der Waals surface area contributed by atoms with Crippen molar-refractivity contribution in [3.05, 3.63) is 40.4 Å². The van der Waals surface area contributed by atoms with Gasteiger partial charge in [-0.05, 0) is 37.5 Å². The highest BCUT2D eigenvalue weighted by Gasteiger charge is 2.75. The maximum Gasteiger partial charge on any atom is 0.311 e. The monoisotopic (exact) mass is 341 g/mol. The van der Waals surface area contributed by atoms with E-state index in [4.69, 9.17) is 4.74 Å². The van der Waals surface area contributed by atoms with Crippen molar-refractivity contribution < 1.29 is 19.2 Å².